The molecule has 4 heterocycles. The lowest BCUT2D eigenvalue weighted by Crippen LogP contribution is -2.05. The van der Waals surface area contributed by atoms with Gasteiger partial charge in [0.2, 0.25) is 5.82 Å². The molecular weight excluding hydrogens is 448 g/mol. The van der Waals surface area contributed by atoms with Crippen LogP contribution in [-0.4, -0.2) is 50.4 Å². The Morgan fingerprint density at radius 2 is 1.86 bits per heavy atom. The van der Waals surface area contributed by atoms with E-state index in [9.17, 15) is 9.90 Å². The molecule has 0 aliphatic heterocycles. The van der Waals surface area contributed by atoms with Crippen LogP contribution in [0.5, 0.6) is 5.75 Å². The maximum atomic E-state index is 11.7. The highest BCUT2D eigenvalue weighted by Gasteiger charge is 2.25. The molecule has 35 heavy (non-hydrogen) atoms. The number of aromatic carboxylic acids is 1. The first-order chi connectivity index (χ1) is 16.9. The Balaban J connectivity index is 1.62. The number of hydrogen-bond donors (Lipinski definition) is 1. The van der Waals surface area contributed by atoms with Gasteiger partial charge < -0.3 is 9.84 Å². The quantitative estimate of drug-likeness (QED) is 0.383. The van der Waals surface area contributed by atoms with Crippen LogP contribution in [0.25, 0.3) is 33.9 Å². The van der Waals surface area contributed by atoms with E-state index in [0.29, 0.717) is 52.8 Å². The number of benzene rings is 1. The van der Waals surface area contributed by atoms with E-state index in [1.807, 2.05) is 44.2 Å². The van der Waals surface area contributed by atoms with Crippen LogP contribution in [0.2, 0.25) is 0 Å². The zero-order valence-corrected chi connectivity index (χ0v) is 19.8. The summed E-state index contributed by atoms with van der Waals surface area (Å²) in [6, 6.07) is 11.4. The topological polar surface area (TPSA) is 126 Å². The molecule has 5 aromatic rings. The fraction of sp³-hybridized carbons (Fsp3) is 0.250. The van der Waals surface area contributed by atoms with Gasteiger partial charge in [-0.25, -0.2) is 19.4 Å². The number of carboxylic acid groups (broad SMARTS) is 1. The lowest BCUT2D eigenvalue weighted by Gasteiger charge is -2.08. The monoisotopic (exact) mass is 472 g/mol. The van der Waals surface area contributed by atoms with Crippen LogP contribution in [0.4, 0.5) is 0 Å². The van der Waals surface area contributed by atoms with E-state index in [4.69, 9.17) is 9.72 Å². The first-order valence-corrected chi connectivity index (χ1v) is 11.1. The highest BCUT2D eigenvalue weighted by Crippen LogP contribution is 2.34. The number of pyridine rings is 1. The Bertz CT molecular complexity index is 1550. The predicted octanol–water partition coefficient (Wildman–Crippen LogP) is 3.23. The Hall–Kier alpha value is -4.54. The van der Waals surface area contributed by atoms with Crippen LogP contribution in [0, 0.1) is 6.92 Å². The summed E-state index contributed by atoms with van der Waals surface area (Å²) in [4.78, 5) is 20.9. The number of aromatic nitrogens is 8. The summed E-state index contributed by atoms with van der Waals surface area (Å²) in [7, 11) is 3.49. The van der Waals surface area contributed by atoms with Crippen LogP contribution >= 0.6 is 0 Å². The molecule has 0 amide bonds. The summed E-state index contributed by atoms with van der Waals surface area (Å²) in [5.41, 5.74) is 3.35. The minimum Gasteiger partial charge on any atom is -0.485 e. The highest BCUT2D eigenvalue weighted by atomic mass is 16.5. The molecule has 4 aromatic heterocycles. The zero-order chi connectivity index (χ0) is 24.7. The number of fused-ring (bicyclic) bond motifs is 1. The molecule has 0 atom stereocenters. The number of hydrogen-bond acceptors (Lipinski definition) is 7. The maximum absolute atomic E-state index is 11.7. The number of aryl methyl sites for hydroxylation is 4. The molecule has 0 spiro atoms. The van der Waals surface area contributed by atoms with E-state index >= 15 is 0 Å². The highest BCUT2D eigenvalue weighted by molar-refractivity contribution is 5.97. The van der Waals surface area contributed by atoms with Crippen molar-refractivity contribution >= 4 is 16.9 Å². The third-order valence-corrected chi connectivity index (χ3v) is 5.75. The molecule has 178 valence electrons. The predicted molar refractivity (Wildman–Crippen MR) is 128 cm³/mol. The summed E-state index contributed by atoms with van der Waals surface area (Å²) < 4.78 is 11.2. The molecule has 0 saturated heterocycles. The second kappa shape index (κ2) is 8.67. The smallest absolute Gasteiger partial charge is 0.354 e. The molecule has 1 aromatic carbocycles. The Labute approximate surface area is 200 Å². The van der Waals surface area contributed by atoms with Crippen molar-refractivity contribution in [1.82, 2.24) is 39.3 Å². The van der Waals surface area contributed by atoms with Crippen LogP contribution in [0.15, 0.2) is 42.6 Å². The van der Waals surface area contributed by atoms with Gasteiger partial charge in [0.1, 0.15) is 23.7 Å². The van der Waals surface area contributed by atoms with Crippen molar-refractivity contribution in [3.63, 3.8) is 0 Å². The molecule has 1 N–H and O–H groups in total. The van der Waals surface area contributed by atoms with Crippen molar-refractivity contribution in [1.29, 1.82) is 0 Å². The molecule has 0 saturated carbocycles. The van der Waals surface area contributed by atoms with E-state index in [1.165, 1.54) is 6.07 Å². The number of rotatable bonds is 7. The molecule has 0 unspecified atom stereocenters. The SMILES string of the molecule is CCn1nc(C)c(OCc2ccccc2)c1-c1nc(-c2nc(C(=O)O)cc3c2cnn3C)n(C)n1. The fourth-order valence-corrected chi connectivity index (χ4v) is 4.03. The van der Waals surface area contributed by atoms with Gasteiger partial charge in [-0.15, -0.1) is 5.10 Å². The van der Waals surface area contributed by atoms with Gasteiger partial charge in [0.25, 0.3) is 0 Å². The average molecular weight is 473 g/mol. The first-order valence-electron chi connectivity index (χ1n) is 11.1. The molecule has 0 fully saturated rings. The van der Waals surface area contributed by atoms with Crippen LogP contribution in [0.3, 0.4) is 0 Å². The van der Waals surface area contributed by atoms with Gasteiger partial charge in [-0.3, -0.25) is 9.36 Å². The maximum Gasteiger partial charge on any atom is 0.354 e. The minimum absolute atomic E-state index is 0.0954. The van der Waals surface area contributed by atoms with E-state index in [-0.39, 0.29) is 5.69 Å². The molecular formula is C24H24N8O3. The number of nitrogens with zero attached hydrogens (tertiary/aromatic N) is 8. The van der Waals surface area contributed by atoms with Gasteiger partial charge in [0, 0.05) is 26.0 Å². The third kappa shape index (κ3) is 3.90. The first kappa shape index (κ1) is 22.3. The van der Waals surface area contributed by atoms with E-state index in [2.05, 4.69) is 20.3 Å². The van der Waals surface area contributed by atoms with Gasteiger partial charge in [-0.05, 0) is 25.5 Å². The summed E-state index contributed by atoms with van der Waals surface area (Å²) in [6.45, 7) is 4.84. The van der Waals surface area contributed by atoms with Gasteiger partial charge >= 0.3 is 5.97 Å². The van der Waals surface area contributed by atoms with E-state index in [1.54, 1.807) is 34.3 Å². The molecule has 0 aliphatic rings. The minimum atomic E-state index is -1.13. The second-order valence-electron chi connectivity index (χ2n) is 8.10. The number of carboxylic acids is 1. The van der Waals surface area contributed by atoms with Crippen molar-refractivity contribution in [3.05, 3.63) is 59.5 Å². The number of ether oxygens (including phenoxy) is 1. The van der Waals surface area contributed by atoms with Crippen LogP contribution < -0.4 is 4.74 Å². The number of carbonyl (C=O) groups is 1. The Kier molecular flexibility index (Phi) is 5.51. The lowest BCUT2D eigenvalue weighted by atomic mass is 10.2. The Morgan fingerprint density at radius 3 is 2.57 bits per heavy atom. The van der Waals surface area contributed by atoms with Crippen molar-refractivity contribution in [2.75, 3.05) is 0 Å². The molecule has 11 nitrogen and oxygen atoms in total. The summed E-state index contributed by atoms with van der Waals surface area (Å²) >= 11 is 0. The summed E-state index contributed by atoms with van der Waals surface area (Å²) in [6.07, 6.45) is 1.65. The van der Waals surface area contributed by atoms with E-state index < -0.39 is 5.97 Å². The molecule has 0 radical (unpaired) electrons. The zero-order valence-electron chi connectivity index (χ0n) is 19.8. The van der Waals surface area contributed by atoms with Gasteiger partial charge in [-0.1, -0.05) is 30.3 Å². The summed E-state index contributed by atoms with van der Waals surface area (Å²) in [5.74, 6) is 0.295. The van der Waals surface area contributed by atoms with Gasteiger partial charge in [0.15, 0.2) is 17.3 Å². The second-order valence-corrected chi connectivity index (χ2v) is 8.10. The largest absolute Gasteiger partial charge is 0.485 e. The van der Waals surface area contributed by atoms with E-state index in [0.717, 1.165) is 11.3 Å². The van der Waals surface area contributed by atoms with Gasteiger partial charge in [0.05, 0.1) is 11.7 Å². The summed E-state index contributed by atoms with van der Waals surface area (Å²) in [5, 5.41) is 23.8. The molecule has 11 heteroatoms. The molecule has 5 rings (SSSR count). The standard InChI is InChI=1S/C24H24N8O3/c1-5-32-20(21(14(2)28-32)35-13-15-9-7-6-8-10-15)22-27-23(31(4)29-22)19-16-12-25-30(3)18(16)11-17(26-19)24(33)34/h6-12H,5,13H2,1-4H3,(H,33,34). The Morgan fingerprint density at radius 1 is 1.09 bits per heavy atom. The lowest BCUT2D eigenvalue weighted by molar-refractivity contribution is 0.0691. The van der Waals surface area contributed by atoms with Gasteiger partial charge in [-0.2, -0.15) is 10.2 Å². The van der Waals surface area contributed by atoms with Crippen molar-refractivity contribution in [2.24, 2.45) is 14.1 Å². The van der Waals surface area contributed by atoms with Crippen LogP contribution in [-0.2, 0) is 27.2 Å². The van der Waals surface area contributed by atoms with Crippen molar-refractivity contribution in [2.45, 2.75) is 27.0 Å². The fourth-order valence-electron chi connectivity index (χ4n) is 4.03. The average Bonchev–Trinajstić information content (AvgIpc) is 3.52. The molecule has 0 bridgehead atoms. The van der Waals surface area contributed by atoms with Crippen LogP contribution in [0.1, 0.15) is 28.7 Å². The van der Waals surface area contributed by atoms with Crippen molar-refractivity contribution < 1.29 is 14.6 Å². The normalized spacial score (nSPS) is 11.3. The van der Waals surface area contributed by atoms with Crippen molar-refractivity contribution in [3.8, 4) is 28.8 Å². The third-order valence-electron chi connectivity index (χ3n) is 5.75. The molecule has 0 aliphatic carbocycles.